The van der Waals surface area contributed by atoms with Crippen molar-refractivity contribution in [3.05, 3.63) is 53.0 Å². The number of hydrogen-bond donors (Lipinski definition) is 6. The zero-order valence-corrected chi connectivity index (χ0v) is 14.6. The van der Waals surface area contributed by atoms with Crippen molar-refractivity contribution in [2.45, 2.75) is 24.4 Å². The Kier molecular flexibility index (Phi) is 5.90. The van der Waals surface area contributed by atoms with Gasteiger partial charge in [0.2, 0.25) is 0 Å². The second-order valence-corrected chi connectivity index (χ2v) is 6.33. The van der Waals surface area contributed by atoms with Crippen molar-refractivity contribution < 1.29 is 29.6 Å². The second-order valence-electron chi connectivity index (χ2n) is 6.33. The van der Waals surface area contributed by atoms with Crippen molar-refractivity contribution in [3.8, 4) is 11.3 Å². The molecule has 1 aromatic carbocycles. The number of anilines is 1. The lowest BCUT2D eigenvalue weighted by Crippen LogP contribution is -2.49. The van der Waals surface area contributed by atoms with Gasteiger partial charge < -0.3 is 39.9 Å². The zero-order chi connectivity index (χ0) is 20.3. The normalized spacial score (nSPS) is 15.7. The molecule has 2 heterocycles. The van der Waals surface area contributed by atoms with E-state index in [-0.39, 0.29) is 5.56 Å². The van der Waals surface area contributed by atoms with Crippen LogP contribution in [-0.2, 0) is 4.79 Å². The van der Waals surface area contributed by atoms with E-state index in [9.17, 15) is 24.9 Å². The number of fused-ring (bicyclic) bond motifs is 1. The van der Waals surface area contributed by atoms with E-state index in [4.69, 9.17) is 9.52 Å². The number of carbonyl (C=O) groups is 1. The number of aliphatic hydroxyl groups is 4. The molecule has 2 aromatic heterocycles. The van der Waals surface area contributed by atoms with Gasteiger partial charge in [-0.25, -0.2) is 0 Å². The molecule has 6 N–H and O–H groups in total. The topological polar surface area (TPSA) is 156 Å². The van der Waals surface area contributed by atoms with Gasteiger partial charge in [0.05, 0.1) is 24.0 Å². The molecule has 0 amide bonds. The van der Waals surface area contributed by atoms with Gasteiger partial charge in [-0.05, 0) is 35.7 Å². The number of H-pyrrole nitrogens is 1. The van der Waals surface area contributed by atoms with E-state index in [0.29, 0.717) is 28.8 Å². The number of hydrogen-bond acceptors (Lipinski definition) is 8. The first-order valence-corrected chi connectivity index (χ1v) is 8.52. The molecule has 148 valence electrons. The molecule has 0 aliphatic rings. The number of nitrogens with one attached hydrogen (secondary N) is 2. The molecule has 0 radical (unpaired) electrons. The number of carbonyl (C=O) groups excluding carboxylic acids is 1. The van der Waals surface area contributed by atoms with Gasteiger partial charge in [0.15, 0.2) is 0 Å². The van der Waals surface area contributed by atoms with Gasteiger partial charge in [-0.15, -0.1) is 0 Å². The lowest BCUT2D eigenvalue weighted by atomic mass is 10.0. The Balaban J connectivity index is 1.86. The van der Waals surface area contributed by atoms with Gasteiger partial charge in [0, 0.05) is 5.69 Å². The molecule has 0 aliphatic heterocycles. The number of benzene rings is 1. The molecule has 28 heavy (non-hydrogen) atoms. The van der Waals surface area contributed by atoms with Gasteiger partial charge in [-0.2, -0.15) is 0 Å². The summed E-state index contributed by atoms with van der Waals surface area (Å²) >= 11 is 0. The molecule has 3 aromatic rings. The molecular weight excluding hydrogens is 368 g/mol. The van der Waals surface area contributed by atoms with Crippen LogP contribution in [0, 0.1) is 0 Å². The molecule has 4 atom stereocenters. The van der Waals surface area contributed by atoms with Crippen LogP contribution in [0.1, 0.15) is 0 Å². The highest BCUT2D eigenvalue weighted by Crippen LogP contribution is 2.23. The van der Waals surface area contributed by atoms with E-state index in [0.717, 1.165) is 5.39 Å². The Labute approximate surface area is 158 Å². The van der Waals surface area contributed by atoms with Crippen molar-refractivity contribution in [2.75, 3.05) is 11.9 Å². The zero-order valence-electron chi connectivity index (χ0n) is 14.6. The fraction of sp³-hybridized carbons (Fsp3) is 0.263. The van der Waals surface area contributed by atoms with Gasteiger partial charge in [-0.3, -0.25) is 4.79 Å². The summed E-state index contributed by atoms with van der Waals surface area (Å²) in [4.78, 5) is 26.4. The van der Waals surface area contributed by atoms with E-state index in [1.807, 2.05) is 0 Å². The number of aldehydes is 1. The van der Waals surface area contributed by atoms with Gasteiger partial charge in [-0.1, -0.05) is 6.07 Å². The number of furan rings is 1. The molecule has 0 fully saturated rings. The highest BCUT2D eigenvalue weighted by molar-refractivity contribution is 5.86. The van der Waals surface area contributed by atoms with E-state index in [1.54, 1.807) is 36.4 Å². The Morgan fingerprint density at radius 2 is 1.93 bits per heavy atom. The van der Waals surface area contributed by atoms with E-state index in [2.05, 4.69) is 10.3 Å². The molecular formula is C19H20N2O7. The molecule has 0 bridgehead atoms. The molecule has 9 heteroatoms. The Morgan fingerprint density at radius 1 is 1.14 bits per heavy atom. The molecule has 0 aliphatic carbocycles. The lowest BCUT2D eigenvalue weighted by Gasteiger charge is -2.26. The van der Waals surface area contributed by atoms with Crippen LogP contribution < -0.4 is 10.9 Å². The molecule has 0 spiro atoms. The first-order chi connectivity index (χ1) is 13.4. The van der Waals surface area contributed by atoms with Crippen LogP contribution in [0.2, 0.25) is 0 Å². The maximum atomic E-state index is 12.3. The van der Waals surface area contributed by atoms with Crippen LogP contribution in [0.25, 0.3) is 22.2 Å². The number of aliphatic hydroxyl groups excluding tert-OH is 4. The number of rotatable bonds is 8. The van der Waals surface area contributed by atoms with E-state index >= 15 is 0 Å². The highest BCUT2D eigenvalue weighted by atomic mass is 16.4. The maximum absolute atomic E-state index is 12.3. The standard InChI is InChI=1S/C19H20N2O7/c22-8-14(17(25)18(26)15(24)9-23)20-11-4-3-10-6-12(16-2-1-5-28-16)19(27)21-13(10)7-11/h1-8,14-15,17-18,20,23-26H,9H2,(H,21,27)/t14-,15+,17+,18+/m0/s1. The molecule has 0 unspecified atom stereocenters. The molecule has 0 saturated heterocycles. The predicted octanol–water partition coefficient (Wildman–Crippen LogP) is -0.158. The minimum Gasteiger partial charge on any atom is -0.464 e. The largest absolute Gasteiger partial charge is 0.464 e. The highest BCUT2D eigenvalue weighted by Gasteiger charge is 2.31. The Hall–Kier alpha value is -2.98. The quantitative estimate of drug-likeness (QED) is 0.291. The summed E-state index contributed by atoms with van der Waals surface area (Å²) in [6.45, 7) is -0.765. The summed E-state index contributed by atoms with van der Waals surface area (Å²) in [7, 11) is 0. The SMILES string of the molecule is O=C[C@H](Nc1ccc2cc(-c3ccco3)c(=O)[nH]c2c1)[C@@H](O)[C@H](O)[C@H](O)CO. The van der Waals surface area contributed by atoms with Crippen LogP contribution in [0.3, 0.4) is 0 Å². The van der Waals surface area contributed by atoms with Crippen LogP contribution in [0.4, 0.5) is 5.69 Å². The predicted molar refractivity (Wildman–Crippen MR) is 101 cm³/mol. The third-order valence-corrected chi connectivity index (χ3v) is 4.41. The van der Waals surface area contributed by atoms with Crippen LogP contribution in [0.5, 0.6) is 0 Å². The summed E-state index contributed by atoms with van der Waals surface area (Å²) in [5, 5.41) is 41.6. The van der Waals surface area contributed by atoms with Gasteiger partial charge >= 0.3 is 0 Å². The average molecular weight is 388 g/mol. The molecule has 0 saturated carbocycles. The average Bonchev–Trinajstić information content (AvgIpc) is 3.24. The Bertz CT molecular complexity index is 999. The Morgan fingerprint density at radius 3 is 2.57 bits per heavy atom. The summed E-state index contributed by atoms with van der Waals surface area (Å²) < 4.78 is 5.26. The minimum absolute atomic E-state index is 0.354. The third-order valence-electron chi connectivity index (χ3n) is 4.41. The fourth-order valence-electron chi connectivity index (χ4n) is 2.85. The number of pyridine rings is 1. The third kappa shape index (κ3) is 3.97. The van der Waals surface area contributed by atoms with Crippen molar-refractivity contribution in [3.63, 3.8) is 0 Å². The summed E-state index contributed by atoms with van der Waals surface area (Å²) in [5.41, 5.74) is 0.907. The monoisotopic (exact) mass is 388 g/mol. The molecule has 9 nitrogen and oxygen atoms in total. The number of aromatic amines is 1. The second kappa shape index (κ2) is 8.36. The van der Waals surface area contributed by atoms with Crippen molar-refractivity contribution in [2.24, 2.45) is 0 Å². The van der Waals surface area contributed by atoms with Crippen molar-refractivity contribution in [1.29, 1.82) is 0 Å². The fourth-order valence-corrected chi connectivity index (χ4v) is 2.85. The van der Waals surface area contributed by atoms with Crippen molar-refractivity contribution >= 4 is 22.9 Å². The summed E-state index contributed by atoms with van der Waals surface area (Å²) in [5.74, 6) is 0.436. The first kappa shape index (κ1) is 19.8. The van der Waals surface area contributed by atoms with Crippen LogP contribution >= 0.6 is 0 Å². The van der Waals surface area contributed by atoms with Gasteiger partial charge in [0.25, 0.3) is 5.56 Å². The van der Waals surface area contributed by atoms with Crippen LogP contribution in [-0.4, -0.2) is 62.7 Å². The first-order valence-electron chi connectivity index (χ1n) is 8.52. The number of aromatic nitrogens is 1. The minimum atomic E-state index is -1.72. The van der Waals surface area contributed by atoms with Gasteiger partial charge in [0.1, 0.15) is 36.4 Å². The summed E-state index contributed by atoms with van der Waals surface area (Å²) in [6.07, 6.45) is -3.11. The van der Waals surface area contributed by atoms with Crippen molar-refractivity contribution in [1.82, 2.24) is 4.98 Å². The maximum Gasteiger partial charge on any atom is 0.259 e. The molecule has 3 rings (SSSR count). The smallest absolute Gasteiger partial charge is 0.259 e. The van der Waals surface area contributed by atoms with Crippen LogP contribution in [0.15, 0.2) is 51.9 Å². The summed E-state index contributed by atoms with van der Waals surface area (Å²) in [6, 6.07) is 8.68. The lowest BCUT2D eigenvalue weighted by molar-refractivity contribution is -0.117. The van der Waals surface area contributed by atoms with E-state index < -0.39 is 31.0 Å². The van der Waals surface area contributed by atoms with E-state index in [1.165, 1.54) is 6.26 Å².